The summed E-state index contributed by atoms with van der Waals surface area (Å²) in [4.78, 5) is 11.7. The van der Waals surface area contributed by atoms with Gasteiger partial charge in [0.25, 0.3) is 0 Å². The molecule has 1 N–H and O–H groups in total. The van der Waals surface area contributed by atoms with E-state index in [9.17, 15) is 9.00 Å². The Morgan fingerprint density at radius 3 is 2.21 bits per heavy atom. The molecule has 0 saturated carbocycles. The zero-order valence-electron chi connectivity index (χ0n) is 14.1. The number of thioether (sulfide) groups is 6. The van der Waals surface area contributed by atoms with Crippen molar-refractivity contribution < 1.29 is 14.1 Å². The van der Waals surface area contributed by atoms with Crippen molar-refractivity contribution in [3.63, 3.8) is 0 Å². The number of hydrogen-bond donors (Lipinski definition) is 1. The van der Waals surface area contributed by atoms with Gasteiger partial charge in [-0.15, -0.1) is 35.3 Å². The highest BCUT2D eigenvalue weighted by Crippen LogP contribution is 2.22. The van der Waals surface area contributed by atoms with E-state index in [4.69, 9.17) is 5.11 Å². The summed E-state index contributed by atoms with van der Waals surface area (Å²) in [5, 5.41) is 12.8. The van der Waals surface area contributed by atoms with Crippen molar-refractivity contribution in [3.8, 4) is 0 Å². The van der Waals surface area contributed by atoms with E-state index in [1.807, 2.05) is 42.2 Å². The molecule has 3 nitrogen and oxygen atoms in total. The molecule has 0 aliphatic carbocycles. The van der Waals surface area contributed by atoms with Crippen molar-refractivity contribution in [1.29, 1.82) is 0 Å². The van der Waals surface area contributed by atoms with Crippen molar-refractivity contribution in [2.24, 2.45) is 0 Å². The van der Waals surface area contributed by atoms with Gasteiger partial charge >= 0.3 is 0 Å². The zero-order chi connectivity index (χ0) is 17.9. The van der Waals surface area contributed by atoms with Crippen LogP contribution in [0.5, 0.6) is 0 Å². The zero-order valence-corrected chi connectivity index (χ0v) is 19.8. The van der Waals surface area contributed by atoms with E-state index in [1.54, 1.807) is 23.5 Å². The van der Waals surface area contributed by atoms with E-state index >= 15 is 0 Å². The maximum atomic E-state index is 11.7. The predicted octanol–water partition coefficient (Wildman–Crippen LogP) is 4.28. The molecule has 0 fully saturated rings. The van der Waals surface area contributed by atoms with Crippen LogP contribution in [0.25, 0.3) is 0 Å². The summed E-state index contributed by atoms with van der Waals surface area (Å²) in [5.41, 5.74) is 0. The molecule has 0 heterocycles. The smallest absolute Gasteiger partial charge is 0.190 e. The summed E-state index contributed by atoms with van der Waals surface area (Å²) >= 11 is 10.5. The summed E-state index contributed by atoms with van der Waals surface area (Å²) in [6.45, 7) is 2.20. The summed E-state index contributed by atoms with van der Waals surface area (Å²) in [5.74, 6) is 4.38. The fourth-order valence-corrected chi connectivity index (χ4v) is 8.86. The van der Waals surface area contributed by atoms with Gasteiger partial charge < -0.3 is 5.11 Å². The standard InChI is InChI=1S/C14H28O3S7/c1-2-24(17)9-3-6-18-10-21-11-19-7-4-14(16)23-13-22-12-20-8-5-15/h15H,2-13H2,1H3. The van der Waals surface area contributed by atoms with E-state index in [-0.39, 0.29) is 11.7 Å². The topological polar surface area (TPSA) is 54.4 Å². The Morgan fingerprint density at radius 2 is 1.54 bits per heavy atom. The number of rotatable bonds is 18. The molecule has 0 saturated heterocycles. The lowest BCUT2D eigenvalue weighted by molar-refractivity contribution is -0.110. The van der Waals surface area contributed by atoms with Crippen LogP contribution < -0.4 is 0 Å². The van der Waals surface area contributed by atoms with E-state index in [0.717, 1.165) is 55.5 Å². The van der Waals surface area contributed by atoms with Gasteiger partial charge in [0.2, 0.25) is 0 Å². The van der Waals surface area contributed by atoms with Gasteiger partial charge in [-0.2, -0.15) is 23.5 Å². The summed E-state index contributed by atoms with van der Waals surface area (Å²) < 4.78 is 11.3. The van der Waals surface area contributed by atoms with Crippen LogP contribution in [0.2, 0.25) is 0 Å². The highest BCUT2D eigenvalue weighted by molar-refractivity contribution is 8.27. The number of carbonyl (C=O) groups is 1. The lowest BCUT2D eigenvalue weighted by atomic mass is 10.5. The molecular weight excluding hydrogens is 441 g/mol. The molecule has 1 unspecified atom stereocenters. The third-order valence-corrected chi connectivity index (χ3v) is 11.1. The van der Waals surface area contributed by atoms with Gasteiger partial charge in [0, 0.05) is 60.6 Å². The maximum absolute atomic E-state index is 11.7. The Labute approximate surface area is 175 Å². The SMILES string of the molecule is CCS(=O)CCCSCSCSCCC(=O)SCSCSCCO. The molecule has 10 heteroatoms. The minimum absolute atomic E-state index is 0.227. The second-order valence-electron chi connectivity index (χ2n) is 4.38. The Balaban J connectivity index is 3.18. The molecule has 0 aromatic heterocycles. The Kier molecular flexibility index (Phi) is 22.8. The van der Waals surface area contributed by atoms with E-state index in [2.05, 4.69) is 0 Å². The van der Waals surface area contributed by atoms with E-state index < -0.39 is 10.8 Å². The van der Waals surface area contributed by atoms with Gasteiger partial charge in [-0.3, -0.25) is 9.00 Å². The second kappa shape index (κ2) is 21.2. The van der Waals surface area contributed by atoms with Crippen molar-refractivity contribution in [1.82, 2.24) is 0 Å². The maximum Gasteiger partial charge on any atom is 0.190 e. The number of carbonyl (C=O) groups excluding carboxylic acids is 1. The lowest BCUT2D eigenvalue weighted by Crippen LogP contribution is -2.00. The average Bonchev–Trinajstić information content (AvgIpc) is 2.59. The fraction of sp³-hybridized carbons (Fsp3) is 0.929. The molecule has 24 heavy (non-hydrogen) atoms. The van der Waals surface area contributed by atoms with Crippen molar-refractivity contribution in [2.45, 2.75) is 19.8 Å². The predicted molar refractivity (Wildman–Crippen MR) is 124 cm³/mol. The summed E-state index contributed by atoms with van der Waals surface area (Å²) in [6, 6.07) is 0. The minimum atomic E-state index is -0.619. The highest BCUT2D eigenvalue weighted by Gasteiger charge is 2.03. The van der Waals surface area contributed by atoms with Crippen LogP contribution in [0.4, 0.5) is 0 Å². The number of aliphatic hydroxyl groups is 1. The third kappa shape index (κ3) is 20.2. The first kappa shape index (κ1) is 25.9. The molecule has 0 radical (unpaired) electrons. The Hall–Kier alpha value is 1.88. The van der Waals surface area contributed by atoms with E-state index in [1.165, 1.54) is 11.8 Å². The molecule has 0 bridgehead atoms. The Morgan fingerprint density at radius 1 is 0.917 bits per heavy atom. The molecule has 0 aliphatic heterocycles. The van der Waals surface area contributed by atoms with Crippen LogP contribution in [0.1, 0.15) is 19.8 Å². The van der Waals surface area contributed by atoms with Crippen LogP contribution in [0.15, 0.2) is 0 Å². The van der Waals surface area contributed by atoms with Crippen LogP contribution in [-0.2, 0) is 15.6 Å². The van der Waals surface area contributed by atoms with Gasteiger partial charge in [0.15, 0.2) is 5.12 Å². The normalized spacial score (nSPS) is 12.4. The molecule has 0 aliphatic rings. The number of hydrogen-bond acceptors (Lipinski definition) is 9. The Bertz CT molecular complexity index is 319. The molecule has 144 valence electrons. The monoisotopic (exact) mass is 468 g/mol. The minimum Gasteiger partial charge on any atom is -0.396 e. The quantitative estimate of drug-likeness (QED) is 0.234. The first-order chi connectivity index (χ1) is 11.7. The highest BCUT2D eigenvalue weighted by atomic mass is 32.2. The molecular formula is C14H28O3S7. The van der Waals surface area contributed by atoms with Gasteiger partial charge in [-0.25, -0.2) is 0 Å². The average molecular weight is 469 g/mol. The van der Waals surface area contributed by atoms with Crippen LogP contribution in [-0.4, -0.2) is 70.1 Å². The van der Waals surface area contributed by atoms with E-state index in [0.29, 0.717) is 6.42 Å². The van der Waals surface area contributed by atoms with Gasteiger partial charge in [0.05, 0.1) is 6.61 Å². The van der Waals surface area contributed by atoms with Crippen molar-refractivity contribution in [3.05, 3.63) is 0 Å². The van der Waals surface area contributed by atoms with Crippen LogP contribution in [0.3, 0.4) is 0 Å². The molecule has 1 atom stereocenters. The van der Waals surface area contributed by atoms with Crippen molar-refractivity contribution in [2.75, 3.05) is 55.7 Å². The summed E-state index contributed by atoms with van der Waals surface area (Å²) in [6.07, 6.45) is 1.69. The molecule has 0 rings (SSSR count). The van der Waals surface area contributed by atoms with Crippen LogP contribution in [0, 0.1) is 0 Å². The second-order valence-corrected chi connectivity index (χ2v) is 14.0. The van der Waals surface area contributed by atoms with Crippen molar-refractivity contribution >= 4 is 86.5 Å². The first-order valence-corrected chi connectivity index (χ1v) is 16.0. The first-order valence-electron chi connectivity index (χ1n) is 7.70. The molecule has 0 aromatic carbocycles. The van der Waals surface area contributed by atoms with Gasteiger partial charge in [-0.1, -0.05) is 18.7 Å². The van der Waals surface area contributed by atoms with Crippen LogP contribution >= 0.6 is 70.6 Å². The molecule has 0 amide bonds. The fourth-order valence-electron chi connectivity index (χ4n) is 1.29. The largest absolute Gasteiger partial charge is 0.396 e. The molecule has 0 spiro atoms. The number of aliphatic hydroxyl groups excluding tert-OH is 1. The third-order valence-electron chi connectivity index (χ3n) is 2.47. The molecule has 0 aromatic rings. The van der Waals surface area contributed by atoms with Gasteiger partial charge in [-0.05, 0) is 12.2 Å². The summed E-state index contributed by atoms with van der Waals surface area (Å²) in [7, 11) is -0.619. The lowest BCUT2D eigenvalue weighted by Gasteiger charge is -2.03. The van der Waals surface area contributed by atoms with Gasteiger partial charge in [0.1, 0.15) is 0 Å².